The molecule has 56 heavy (non-hydrogen) atoms. The van der Waals surface area contributed by atoms with Crippen molar-refractivity contribution in [2.24, 2.45) is 11.3 Å². The number of rotatable bonds is 6. The molecule has 7 unspecified atom stereocenters. The predicted octanol–water partition coefficient (Wildman–Crippen LogP) is 3.61. The number of hydrogen-bond acceptors (Lipinski definition) is 11. The van der Waals surface area contributed by atoms with Gasteiger partial charge in [0, 0.05) is 6.42 Å². The second-order valence-electron chi connectivity index (χ2n) is 16.5. The van der Waals surface area contributed by atoms with Crippen LogP contribution >= 0.6 is 0 Å². The molecule has 5 aliphatic rings. The van der Waals surface area contributed by atoms with Crippen molar-refractivity contribution in [3.05, 3.63) is 42.1 Å². The lowest BCUT2D eigenvalue weighted by Gasteiger charge is -2.35. The average Bonchev–Trinajstić information content (AvgIpc) is 4.03. The number of ether oxygens (including phenoxy) is 3. The lowest BCUT2D eigenvalue weighted by atomic mass is 9.85. The molecule has 7 atom stereocenters. The number of sulfonamides is 1. The second kappa shape index (κ2) is 14.8. The Balaban J connectivity index is 1.25. The summed E-state index contributed by atoms with van der Waals surface area (Å²) in [6.07, 6.45) is 1.46. The first-order valence-electron chi connectivity index (χ1n) is 19.2. The second-order valence-corrected chi connectivity index (χ2v) is 18.5. The van der Waals surface area contributed by atoms with E-state index in [0.29, 0.717) is 44.6 Å². The van der Waals surface area contributed by atoms with Crippen LogP contribution in [0.15, 0.2) is 36.4 Å². The summed E-state index contributed by atoms with van der Waals surface area (Å²) in [6.45, 7) is 6.49. The van der Waals surface area contributed by atoms with E-state index < -0.39 is 97.9 Å². The number of aromatic nitrogens is 2. The highest BCUT2D eigenvalue weighted by Gasteiger charge is 2.62. The summed E-state index contributed by atoms with van der Waals surface area (Å²) in [4.78, 5) is 65.8. The van der Waals surface area contributed by atoms with E-state index in [1.807, 2.05) is 6.92 Å². The van der Waals surface area contributed by atoms with E-state index in [0.717, 1.165) is 6.08 Å². The predicted molar refractivity (Wildman–Crippen MR) is 197 cm³/mol. The van der Waals surface area contributed by atoms with Gasteiger partial charge in [-0.2, -0.15) is 8.78 Å². The van der Waals surface area contributed by atoms with Crippen LogP contribution in [0.2, 0.25) is 0 Å². The summed E-state index contributed by atoms with van der Waals surface area (Å²) in [5.74, 6) is -6.90. The van der Waals surface area contributed by atoms with Crippen LogP contribution in [-0.4, -0.2) is 101 Å². The van der Waals surface area contributed by atoms with Crippen LogP contribution < -0.4 is 20.1 Å². The summed E-state index contributed by atoms with van der Waals surface area (Å²) < 4.78 is 77.5. The standard InChI is InChI=1S/C38H48F2N6O9S/c1-5-21-19-37(21,34(49)45-56(51,52)23-14-15-23)44-31(47)26-18-22-20-46(26)33(48)30(36(2,3)4)43-35(50)55-28-13-8-12-27(28)53-17-9-16-38(39,40)29-32(54-22)42-25-11-7-6-10-24(25)41-29/h6-7,9-11,16,21-23,26-28,30H,5,8,12-15,17-20H2,1-4H3,(H,43,50)(H,44,47)(H,45,49). The average molecular weight is 803 g/mol. The molecule has 304 valence electrons. The lowest BCUT2D eigenvalue weighted by Crippen LogP contribution is -2.60. The Kier molecular flexibility index (Phi) is 10.5. The van der Waals surface area contributed by atoms with Gasteiger partial charge in [0.2, 0.25) is 27.7 Å². The van der Waals surface area contributed by atoms with Crippen LogP contribution in [0, 0.1) is 11.3 Å². The molecule has 3 saturated carbocycles. The minimum Gasteiger partial charge on any atom is -0.471 e. The lowest BCUT2D eigenvalue weighted by molar-refractivity contribution is -0.143. The number of amides is 4. The van der Waals surface area contributed by atoms with Crippen LogP contribution in [0.5, 0.6) is 5.88 Å². The fourth-order valence-corrected chi connectivity index (χ4v) is 9.25. The molecule has 15 nitrogen and oxygen atoms in total. The molecule has 7 rings (SSSR count). The number of alkyl halides is 2. The van der Waals surface area contributed by atoms with Gasteiger partial charge in [0.15, 0.2) is 5.69 Å². The molecule has 3 heterocycles. The topological polar surface area (TPSA) is 195 Å². The van der Waals surface area contributed by atoms with Gasteiger partial charge in [-0.05, 0) is 68.1 Å². The molecule has 4 fully saturated rings. The van der Waals surface area contributed by atoms with Crippen LogP contribution in [0.3, 0.4) is 0 Å². The van der Waals surface area contributed by atoms with Gasteiger partial charge in [-0.25, -0.2) is 23.2 Å². The number of carbonyl (C=O) groups is 4. The number of halogens is 2. The third kappa shape index (κ3) is 8.04. The molecule has 2 aromatic rings. The van der Waals surface area contributed by atoms with E-state index in [-0.39, 0.29) is 42.9 Å². The van der Waals surface area contributed by atoms with E-state index in [1.165, 1.54) is 11.0 Å². The molecular formula is C38H48F2N6O9S. The number of nitrogens with one attached hydrogen (secondary N) is 3. The van der Waals surface area contributed by atoms with Crippen LogP contribution in [0.25, 0.3) is 11.0 Å². The maximum atomic E-state index is 16.1. The minimum atomic E-state index is -3.94. The number of carbonyl (C=O) groups excluding carboxylic acids is 4. The molecule has 3 aliphatic carbocycles. The molecule has 18 heteroatoms. The quantitative estimate of drug-likeness (QED) is 0.361. The van der Waals surface area contributed by atoms with Crippen molar-refractivity contribution in [2.75, 3.05) is 13.2 Å². The van der Waals surface area contributed by atoms with E-state index in [2.05, 4.69) is 25.3 Å². The largest absolute Gasteiger partial charge is 0.471 e. The van der Waals surface area contributed by atoms with Gasteiger partial charge < -0.3 is 29.7 Å². The zero-order valence-electron chi connectivity index (χ0n) is 31.8. The minimum absolute atomic E-state index is 0.171. The zero-order chi connectivity index (χ0) is 40.2. The molecule has 0 radical (unpaired) electrons. The number of nitrogens with zero attached hydrogens (tertiary/aromatic N) is 3. The van der Waals surface area contributed by atoms with E-state index in [4.69, 9.17) is 14.2 Å². The first-order chi connectivity index (χ1) is 26.4. The van der Waals surface area contributed by atoms with Gasteiger partial charge in [-0.1, -0.05) is 52.3 Å². The third-order valence-electron chi connectivity index (χ3n) is 11.3. The number of alkyl carbamates (subject to hydrolysis) is 1. The summed E-state index contributed by atoms with van der Waals surface area (Å²) in [6, 6.07) is 3.86. The number of fused-ring (bicyclic) bond motifs is 5. The summed E-state index contributed by atoms with van der Waals surface area (Å²) in [5, 5.41) is 4.79. The Bertz CT molecular complexity index is 2040. The maximum Gasteiger partial charge on any atom is 0.408 e. The molecule has 2 bridgehead atoms. The highest BCUT2D eigenvalue weighted by molar-refractivity contribution is 7.91. The van der Waals surface area contributed by atoms with Crippen molar-refractivity contribution >= 4 is 44.9 Å². The molecule has 2 aliphatic heterocycles. The highest BCUT2D eigenvalue weighted by Crippen LogP contribution is 2.47. The molecule has 1 aromatic carbocycles. The SMILES string of the molecule is CCC1CC1(NC(=O)C1CC2CN1C(=O)C(C(C)(C)C)NC(=O)OC1CCCC1OCC=CC(F)(F)c1nc3ccccc3nc1O2)C(=O)NS(=O)(=O)C1CC1. The summed E-state index contributed by atoms with van der Waals surface area (Å²) >= 11 is 0. The Morgan fingerprint density at radius 3 is 2.39 bits per heavy atom. The van der Waals surface area contributed by atoms with Crippen molar-refractivity contribution in [3.63, 3.8) is 0 Å². The normalized spacial score (nSPS) is 30.9. The van der Waals surface area contributed by atoms with E-state index in [9.17, 15) is 27.6 Å². The molecular weight excluding hydrogens is 755 g/mol. The van der Waals surface area contributed by atoms with Crippen LogP contribution in [-0.2, 0) is 39.8 Å². The Labute approximate surface area is 323 Å². The van der Waals surface area contributed by atoms with Crippen molar-refractivity contribution in [1.82, 2.24) is 30.2 Å². The van der Waals surface area contributed by atoms with Gasteiger partial charge >= 0.3 is 12.0 Å². The highest BCUT2D eigenvalue weighted by atomic mass is 32.2. The number of para-hydroxylation sites is 2. The van der Waals surface area contributed by atoms with Gasteiger partial charge in [0.05, 0.1) is 35.5 Å². The van der Waals surface area contributed by atoms with E-state index >= 15 is 8.78 Å². The monoisotopic (exact) mass is 802 g/mol. The van der Waals surface area contributed by atoms with Crippen LogP contribution in [0.4, 0.5) is 13.6 Å². The molecule has 1 aromatic heterocycles. The molecule has 1 saturated heterocycles. The van der Waals surface area contributed by atoms with Crippen molar-refractivity contribution in [2.45, 2.75) is 126 Å². The first kappa shape index (κ1) is 39.8. The Morgan fingerprint density at radius 1 is 1.04 bits per heavy atom. The van der Waals surface area contributed by atoms with Gasteiger partial charge in [-0.15, -0.1) is 0 Å². The zero-order valence-corrected chi connectivity index (χ0v) is 32.6. The van der Waals surface area contributed by atoms with E-state index in [1.54, 1.807) is 39.0 Å². The molecule has 3 N–H and O–H groups in total. The summed E-state index contributed by atoms with van der Waals surface area (Å²) in [5.41, 5.74) is -2.79. The fourth-order valence-electron chi connectivity index (χ4n) is 7.89. The Morgan fingerprint density at radius 2 is 1.73 bits per heavy atom. The number of allylic oxidation sites excluding steroid dienone is 1. The molecule has 4 amide bonds. The van der Waals surface area contributed by atoms with Crippen molar-refractivity contribution in [1.29, 1.82) is 0 Å². The fraction of sp³-hybridized carbons (Fsp3) is 0.632. The maximum absolute atomic E-state index is 16.1. The van der Waals surface area contributed by atoms with Crippen molar-refractivity contribution in [3.8, 4) is 5.88 Å². The van der Waals surface area contributed by atoms with Gasteiger partial charge in [-0.3, -0.25) is 19.1 Å². The number of hydrogen-bond donors (Lipinski definition) is 3. The first-order valence-corrected chi connectivity index (χ1v) is 20.7. The van der Waals surface area contributed by atoms with Crippen molar-refractivity contribution < 1.29 is 50.6 Å². The van der Waals surface area contributed by atoms with Crippen LogP contribution in [0.1, 0.15) is 84.8 Å². The smallest absolute Gasteiger partial charge is 0.408 e. The number of benzene rings is 1. The van der Waals surface area contributed by atoms with Gasteiger partial charge in [0.25, 0.3) is 5.91 Å². The molecule has 0 spiro atoms. The third-order valence-corrected chi connectivity index (χ3v) is 13.1. The Hall–Kier alpha value is -4.45. The summed E-state index contributed by atoms with van der Waals surface area (Å²) in [7, 11) is -3.94. The van der Waals surface area contributed by atoms with Gasteiger partial charge in [0.1, 0.15) is 29.8 Å².